The number of pyridine rings is 1. The summed E-state index contributed by atoms with van der Waals surface area (Å²) in [5.41, 5.74) is 6.28. The molecule has 0 N–H and O–H groups in total. The molecule has 27 heavy (non-hydrogen) atoms. The Morgan fingerprint density at radius 3 is 2.30 bits per heavy atom. The molecule has 0 atom stereocenters. The van der Waals surface area contributed by atoms with Crippen molar-refractivity contribution < 1.29 is 3.89 Å². The second-order valence-corrected chi connectivity index (χ2v) is 7.00. The Labute approximate surface area is 160 Å². The largest absolute Gasteiger partial charge is 0.308 e. The molecule has 0 saturated carbocycles. The van der Waals surface area contributed by atoms with Gasteiger partial charge in [0, 0.05) is 22.2 Å². The summed E-state index contributed by atoms with van der Waals surface area (Å²) in [6, 6.07) is 28.3. The Balaban J connectivity index is 1.73. The van der Waals surface area contributed by atoms with Crippen molar-refractivity contribution in [2.75, 3.05) is 0 Å². The summed E-state index contributed by atoms with van der Waals surface area (Å²) in [5.74, 6) is 0. The van der Waals surface area contributed by atoms with Crippen molar-refractivity contribution in [1.29, 1.82) is 0 Å². The van der Waals surface area contributed by atoms with Gasteiger partial charge in [-0.1, -0.05) is 42.5 Å². The fourth-order valence-corrected chi connectivity index (χ4v) is 3.85. The summed E-state index contributed by atoms with van der Waals surface area (Å²) in [7, 11) is 0. The van der Waals surface area contributed by atoms with Crippen LogP contribution in [0.3, 0.4) is 0 Å². The minimum Gasteiger partial charge on any atom is -0.308 e. The maximum absolute atomic E-state index is 13.2. The van der Waals surface area contributed by atoms with Gasteiger partial charge in [-0.15, -0.1) is 0 Å². The Morgan fingerprint density at radius 1 is 0.741 bits per heavy atom. The van der Waals surface area contributed by atoms with E-state index in [1.807, 2.05) is 36.4 Å². The number of halogens is 1. The highest BCUT2D eigenvalue weighted by atomic mass is 32.2. The number of rotatable bonds is 3. The summed E-state index contributed by atoms with van der Waals surface area (Å²) in [6.45, 7) is 0. The van der Waals surface area contributed by atoms with Gasteiger partial charge < -0.3 is 4.57 Å². The van der Waals surface area contributed by atoms with E-state index in [9.17, 15) is 3.89 Å². The molecule has 0 fully saturated rings. The average molecular weight is 370 g/mol. The van der Waals surface area contributed by atoms with E-state index in [0.29, 0.717) is 4.90 Å². The lowest BCUT2D eigenvalue weighted by Crippen LogP contribution is -1.94. The van der Waals surface area contributed by atoms with Crippen LogP contribution in [0.2, 0.25) is 0 Å². The second kappa shape index (κ2) is 6.56. The van der Waals surface area contributed by atoms with Gasteiger partial charge >= 0.3 is 0 Å². The van der Waals surface area contributed by atoms with Crippen LogP contribution in [0.5, 0.6) is 0 Å². The van der Waals surface area contributed by atoms with E-state index >= 15 is 0 Å². The molecule has 3 aromatic carbocycles. The molecular weight excluding hydrogens is 355 g/mol. The normalized spacial score (nSPS) is 11.3. The van der Waals surface area contributed by atoms with Gasteiger partial charge in [-0.25, -0.2) is 0 Å². The van der Waals surface area contributed by atoms with Crippen LogP contribution in [-0.2, 0) is 0 Å². The highest BCUT2D eigenvalue weighted by Gasteiger charge is 2.14. The van der Waals surface area contributed by atoms with Crippen molar-refractivity contribution in [3.05, 3.63) is 91.1 Å². The zero-order valence-electron chi connectivity index (χ0n) is 14.3. The first-order valence-electron chi connectivity index (χ1n) is 8.69. The topological polar surface area (TPSA) is 17.8 Å². The van der Waals surface area contributed by atoms with Gasteiger partial charge in [-0.2, -0.15) is 3.89 Å². The van der Waals surface area contributed by atoms with Crippen LogP contribution in [0.1, 0.15) is 0 Å². The Bertz CT molecular complexity index is 1240. The van der Waals surface area contributed by atoms with E-state index < -0.39 is 0 Å². The zero-order valence-corrected chi connectivity index (χ0v) is 15.2. The monoisotopic (exact) mass is 370 g/mol. The molecule has 0 bridgehead atoms. The Morgan fingerprint density at radius 2 is 1.52 bits per heavy atom. The van der Waals surface area contributed by atoms with Crippen LogP contribution in [0.15, 0.2) is 96.0 Å². The predicted octanol–water partition coefficient (Wildman–Crippen LogP) is 6.82. The van der Waals surface area contributed by atoms with Crippen molar-refractivity contribution in [1.82, 2.24) is 9.55 Å². The number of nitrogens with zero attached hydrogens (tertiary/aromatic N) is 2. The Hall–Kier alpha value is -3.11. The first kappa shape index (κ1) is 16.1. The summed E-state index contributed by atoms with van der Waals surface area (Å²) in [4.78, 5) is 5.15. The third-order valence-electron chi connectivity index (χ3n) is 4.81. The van der Waals surface area contributed by atoms with Crippen LogP contribution >= 0.6 is 12.1 Å². The quantitative estimate of drug-likeness (QED) is 0.347. The van der Waals surface area contributed by atoms with Gasteiger partial charge in [-0.05, 0) is 53.6 Å². The third kappa shape index (κ3) is 2.69. The number of hydrogen-bond donors (Lipinski definition) is 0. The molecule has 130 valence electrons. The van der Waals surface area contributed by atoms with Crippen LogP contribution in [-0.4, -0.2) is 9.55 Å². The molecule has 5 aromatic rings. The lowest BCUT2D eigenvalue weighted by molar-refractivity contribution is 0.934. The number of fused-ring (bicyclic) bond motifs is 3. The number of benzene rings is 3. The fraction of sp³-hybridized carbons (Fsp3) is 0. The van der Waals surface area contributed by atoms with E-state index in [2.05, 4.69) is 52.0 Å². The van der Waals surface area contributed by atoms with Gasteiger partial charge in [0.25, 0.3) is 0 Å². The smallest absolute Gasteiger partial charge is 0.0963 e. The van der Waals surface area contributed by atoms with Gasteiger partial charge in [0.15, 0.2) is 0 Å². The van der Waals surface area contributed by atoms with E-state index in [0.717, 1.165) is 27.6 Å². The minimum atomic E-state index is 0.263. The molecule has 0 saturated heterocycles. The lowest BCUT2D eigenvalue weighted by Gasteiger charge is -2.09. The first-order chi connectivity index (χ1) is 13.3. The van der Waals surface area contributed by atoms with Gasteiger partial charge in [0.2, 0.25) is 0 Å². The molecule has 5 rings (SSSR count). The predicted molar refractivity (Wildman–Crippen MR) is 111 cm³/mol. The maximum atomic E-state index is 13.2. The molecular formula is C23H15FN2S. The maximum Gasteiger partial charge on any atom is 0.0963 e. The van der Waals surface area contributed by atoms with E-state index in [1.54, 1.807) is 12.3 Å². The van der Waals surface area contributed by atoms with Crippen molar-refractivity contribution in [2.45, 2.75) is 4.90 Å². The van der Waals surface area contributed by atoms with E-state index in [-0.39, 0.29) is 12.1 Å². The summed E-state index contributed by atoms with van der Waals surface area (Å²) < 4.78 is 15.3. The van der Waals surface area contributed by atoms with Crippen molar-refractivity contribution in [3.63, 3.8) is 0 Å². The number of aromatic nitrogens is 2. The Kier molecular flexibility index (Phi) is 3.91. The van der Waals surface area contributed by atoms with Crippen LogP contribution < -0.4 is 0 Å². The zero-order chi connectivity index (χ0) is 18.2. The standard InChI is InChI=1S/C23H15FN2S/c24-27-19-12-13-20-22(15-19)26(21-7-4-14-25-23(20)21)18-10-8-17(9-11-18)16-5-2-1-3-6-16/h1-15H. The van der Waals surface area contributed by atoms with Crippen LogP contribution in [0.4, 0.5) is 3.89 Å². The molecule has 4 heteroatoms. The summed E-state index contributed by atoms with van der Waals surface area (Å²) in [5, 5.41) is 1.02. The summed E-state index contributed by atoms with van der Waals surface area (Å²) in [6.07, 6.45) is 1.79. The average Bonchev–Trinajstić information content (AvgIpc) is 3.08. The molecule has 0 radical (unpaired) electrons. The minimum absolute atomic E-state index is 0.263. The molecule has 0 amide bonds. The van der Waals surface area contributed by atoms with Gasteiger partial charge in [0.05, 0.1) is 28.7 Å². The van der Waals surface area contributed by atoms with Crippen LogP contribution in [0.25, 0.3) is 38.8 Å². The molecule has 2 nitrogen and oxygen atoms in total. The molecule has 2 aromatic heterocycles. The van der Waals surface area contributed by atoms with Crippen molar-refractivity contribution in [2.24, 2.45) is 0 Å². The SMILES string of the molecule is FSc1ccc2c3ncccc3n(-c3ccc(-c4ccccc4)cc3)c2c1. The summed E-state index contributed by atoms with van der Waals surface area (Å²) >= 11 is 0.263. The van der Waals surface area contributed by atoms with E-state index in [1.165, 1.54) is 11.1 Å². The molecule has 0 spiro atoms. The first-order valence-corrected chi connectivity index (χ1v) is 9.40. The molecule has 2 heterocycles. The van der Waals surface area contributed by atoms with Gasteiger partial charge in [-0.3, -0.25) is 4.98 Å². The van der Waals surface area contributed by atoms with Crippen molar-refractivity contribution >= 4 is 34.1 Å². The lowest BCUT2D eigenvalue weighted by atomic mass is 10.1. The van der Waals surface area contributed by atoms with Gasteiger partial charge in [0.1, 0.15) is 0 Å². The molecule has 0 aliphatic carbocycles. The number of hydrogen-bond acceptors (Lipinski definition) is 2. The third-order valence-corrected chi connectivity index (χ3v) is 5.25. The molecule has 0 aliphatic heterocycles. The van der Waals surface area contributed by atoms with Crippen molar-refractivity contribution in [3.8, 4) is 16.8 Å². The van der Waals surface area contributed by atoms with Crippen LogP contribution in [0, 0.1) is 0 Å². The van der Waals surface area contributed by atoms with E-state index in [4.69, 9.17) is 0 Å². The molecule has 0 aliphatic rings. The fourth-order valence-electron chi connectivity index (χ4n) is 3.57. The highest BCUT2D eigenvalue weighted by Crippen LogP contribution is 2.34. The highest BCUT2D eigenvalue weighted by molar-refractivity contribution is 7.94. The second-order valence-electron chi connectivity index (χ2n) is 6.38. The molecule has 0 unspecified atom stereocenters.